The van der Waals surface area contributed by atoms with Crippen molar-refractivity contribution in [1.29, 1.82) is 0 Å². The highest BCUT2D eigenvalue weighted by atomic mass is 32.2. The van der Waals surface area contributed by atoms with Gasteiger partial charge in [0.15, 0.2) is 5.78 Å². The van der Waals surface area contributed by atoms with Crippen molar-refractivity contribution in [3.05, 3.63) is 35.4 Å². The number of carbonyl (C=O) groups excluding carboxylic acids is 2. The summed E-state index contributed by atoms with van der Waals surface area (Å²) < 4.78 is 0. The smallest absolute Gasteiger partial charge is 0.305 e. The van der Waals surface area contributed by atoms with Gasteiger partial charge in [-0.25, -0.2) is 0 Å². The van der Waals surface area contributed by atoms with Crippen LogP contribution in [0.15, 0.2) is 24.3 Å². The van der Waals surface area contributed by atoms with Crippen molar-refractivity contribution in [1.82, 2.24) is 4.90 Å². The number of aryl methyl sites for hydroxylation is 1. The molecule has 1 aromatic carbocycles. The Kier molecular flexibility index (Phi) is 6.21. The summed E-state index contributed by atoms with van der Waals surface area (Å²) in [4.78, 5) is 37.0. The Balaban J connectivity index is 1.90. The Morgan fingerprint density at radius 3 is 2.57 bits per heavy atom. The van der Waals surface area contributed by atoms with E-state index in [4.69, 9.17) is 5.11 Å². The number of carboxylic acids is 1. The third-order valence-electron chi connectivity index (χ3n) is 3.90. The van der Waals surface area contributed by atoms with Crippen LogP contribution in [-0.2, 0) is 9.59 Å². The van der Waals surface area contributed by atoms with Crippen molar-refractivity contribution >= 4 is 29.4 Å². The van der Waals surface area contributed by atoms with Crippen LogP contribution in [0.3, 0.4) is 0 Å². The van der Waals surface area contributed by atoms with Gasteiger partial charge in [-0.2, -0.15) is 11.8 Å². The number of aliphatic carboxylic acids is 1. The molecule has 1 saturated heterocycles. The first-order valence-electron chi connectivity index (χ1n) is 7.66. The molecule has 1 unspecified atom stereocenters. The Morgan fingerprint density at radius 2 is 1.91 bits per heavy atom. The van der Waals surface area contributed by atoms with Crippen LogP contribution >= 0.6 is 11.8 Å². The normalized spacial score (nSPS) is 17.8. The van der Waals surface area contributed by atoms with Crippen LogP contribution in [0.2, 0.25) is 0 Å². The van der Waals surface area contributed by atoms with Gasteiger partial charge in [0.1, 0.15) is 0 Å². The van der Waals surface area contributed by atoms with E-state index in [1.807, 2.05) is 19.1 Å². The molecule has 0 spiro atoms. The van der Waals surface area contributed by atoms with E-state index in [1.165, 1.54) is 0 Å². The zero-order valence-corrected chi connectivity index (χ0v) is 14.0. The highest BCUT2D eigenvalue weighted by molar-refractivity contribution is 7.99. The van der Waals surface area contributed by atoms with Crippen LogP contribution < -0.4 is 0 Å². The van der Waals surface area contributed by atoms with Gasteiger partial charge in [0.05, 0.1) is 12.5 Å². The SMILES string of the molecule is Cc1ccc(C(=O)CCC(=O)N2CCSCC2CC(=O)O)cc1. The quantitative estimate of drug-likeness (QED) is 0.808. The van der Waals surface area contributed by atoms with Crippen LogP contribution in [0.4, 0.5) is 0 Å². The number of hydrogen-bond donors (Lipinski definition) is 1. The van der Waals surface area contributed by atoms with Gasteiger partial charge < -0.3 is 10.0 Å². The van der Waals surface area contributed by atoms with Crippen molar-refractivity contribution in [2.24, 2.45) is 0 Å². The van der Waals surface area contributed by atoms with E-state index in [2.05, 4.69) is 0 Å². The number of benzene rings is 1. The van der Waals surface area contributed by atoms with Gasteiger partial charge in [-0.1, -0.05) is 29.8 Å². The first kappa shape index (κ1) is 17.5. The first-order valence-corrected chi connectivity index (χ1v) is 8.81. The highest BCUT2D eigenvalue weighted by Gasteiger charge is 2.28. The predicted molar refractivity (Wildman–Crippen MR) is 89.8 cm³/mol. The van der Waals surface area contributed by atoms with E-state index in [9.17, 15) is 14.4 Å². The summed E-state index contributed by atoms with van der Waals surface area (Å²) in [6, 6.07) is 7.02. The Bertz CT molecular complexity index is 585. The molecule has 0 bridgehead atoms. The lowest BCUT2D eigenvalue weighted by Crippen LogP contribution is -2.47. The number of hydrogen-bond acceptors (Lipinski definition) is 4. The van der Waals surface area contributed by atoms with Crippen LogP contribution in [0, 0.1) is 6.92 Å². The van der Waals surface area contributed by atoms with E-state index in [0.29, 0.717) is 17.9 Å². The van der Waals surface area contributed by atoms with Gasteiger partial charge >= 0.3 is 5.97 Å². The summed E-state index contributed by atoms with van der Waals surface area (Å²) in [5.74, 6) is 0.375. The molecule has 0 saturated carbocycles. The molecule has 1 atom stereocenters. The fourth-order valence-electron chi connectivity index (χ4n) is 2.60. The number of amides is 1. The summed E-state index contributed by atoms with van der Waals surface area (Å²) >= 11 is 1.66. The molecule has 23 heavy (non-hydrogen) atoms. The summed E-state index contributed by atoms with van der Waals surface area (Å²) in [7, 11) is 0. The molecule has 5 nitrogen and oxygen atoms in total. The molecule has 1 N–H and O–H groups in total. The van der Waals surface area contributed by atoms with Crippen molar-refractivity contribution in [2.45, 2.75) is 32.2 Å². The number of nitrogens with zero attached hydrogens (tertiary/aromatic N) is 1. The first-order chi connectivity index (χ1) is 11.0. The number of thioether (sulfide) groups is 1. The molecular weight excluding hydrogens is 314 g/mol. The summed E-state index contributed by atoms with van der Waals surface area (Å²) in [5.41, 5.74) is 1.69. The maximum atomic E-state index is 12.4. The van der Waals surface area contributed by atoms with Crippen LogP contribution in [-0.4, -0.2) is 51.8 Å². The standard InChI is InChI=1S/C17H21NO4S/c1-12-2-4-13(5-3-12)15(19)6-7-16(20)18-8-9-23-11-14(18)10-17(21)22/h2-5,14H,6-11H2,1H3,(H,21,22). The van der Waals surface area contributed by atoms with Crippen molar-refractivity contribution in [3.63, 3.8) is 0 Å². The molecule has 1 heterocycles. The molecule has 2 rings (SSSR count). The lowest BCUT2D eigenvalue weighted by Gasteiger charge is -2.34. The molecule has 0 aliphatic carbocycles. The van der Waals surface area contributed by atoms with E-state index in [1.54, 1.807) is 28.8 Å². The van der Waals surface area contributed by atoms with Crippen LogP contribution in [0.1, 0.15) is 35.2 Å². The van der Waals surface area contributed by atoms with Gasteiger partial charge in [-0.15, -0.1) is 0 Å². The molecule has 0 radical (unpaired) electrons. The zero-order chi connectivity index (χ0) is 16.8. The van der Waals surface area contributed by atoms with Gasteiger partial charge in [-0.05, 0) is 6.92 Å². The van der Waals surface area contributed by atoms with Crippen LogP contribution in [0.25, 0.3) is 0 Å². The fraction of sp³-hybridized carbons (Fsp3) is 0.471. The number of carboxylic acid groups (broad SMARTS) is 1. The van der Waals surface area contributed by atoms with E-state index in [-0.39, 0.29) is 37.0 Å². The van der Waals surface area contributed by atoms with E-state index < -0.39 is 5.97 Å². The number of carbonyl (C=O) groups is 3. The largest absolute Gasteiger partial charge is 0.481 e. The second-order valence-corrected chi connectivity index (χ2v) is 6.85. The minimum Gasteiger partial charge on any atom is -0.481 e. The van der Waals surface area contributed by atoms with Gasteiger partial charge in [-0.3, -0.25) is 14.4 Å². The number of ketones is 1. The molecular formula is C17H21NO4S. The van der Waals surface area contributed by atoms with Crippen molar-refractivity contribution in [2.75, 3.05) is 18.1 Å². The van der Waals surface area contributed by atoms with Gasteiger partial charge in [0, 0.05) is 36.5 Å². The van der Waals surface area contributed by atoms with Gasteiger partial charge in [0.2, 0.25) is 5.91 Å². The molecule has 124 valence electrons. The molecule has 1 aliphatic rings. The molecule has 1 amide bonds. The zero-order valence-electron chi connectivity index (χ0n) is 13.2. The maximum absolute atomic E-state index is 12.4. The highest BCUT2D eigenvalue weighted by Crippen LogP contribution is 2.20. The summed E-state index contributed by atoms with van der Waals surface area (Å²) in [6.07, 6.45) is 0.253. The number of Topliss-reactive ketones (excluding diaryl/α,β-unsaturated/α-hetero) is 1. The lowest BCUT2D eigenvalue weighted by atomic mass is 10.0. The Morgan fingerprint density at radius 1 is 1.22 bits per heavy atom. The average molecular weight is 335 g/mol. The second kappa shape index (κ2) is 8.15. The minimum atomic E-state index is -0.897. The van der Waals surface area contributed by atoms with Crippen LogP contribution in [0.5, 0.6) is 0 Å². The van der Waals surface area contributed by atoms with Crippen molar-refractivity contribution < 1.29 is 19.5 Å². The predicted octanol–water partition coefficient (Wildman–Crippen LogP) is 2.38. The minimum absolute atomic E-state index is 0.0371. The molecule has 0 aromatic heterocycles. The molecule has 1 aromatic rings. The Labute approximate surface area is 140 Å². The van der Waals surface area contributed by atoms with E-state index in [0.717, 1.165) is 11.3 Å². The number of rotatable bonds is 6. The van der Waals surface area contributed by atoms with Gasteiger partial charge in [0.25, 0.3) is 0 Å². The molecule has 1 aliphatic heterocycles. The topological polar surface area (TPSA) is 74.7 Å². The summed E-state index contributed by atoms with van der Waals surface area (Å²) in [5, 5.41) is 8.95. The maximum Gasteiger partial charge on any atom is 0.305 e. The van der Waals surface area contributed by atoms with E-state index >= 15 is 0 Å². The summed E-state index contributed by atoms with van der Waals surface area (Å²) in [6.45, 7) is 2.51. The lowest BCUT2D eigenvalue weighted by molar-refractivity contribution is -0.140. The molecule has 1 fully saturated rings. The van der Waals surface area contributed by atoms with Crippen molar-refractivity contribution in [3.8, 4) is 0 Å². The average Bonchev–Trinajstić information content (AvgIpc) is 2.53. The fourth-order valence-corrected chi connectivity index (χ4v) is 3.66. The third-order valence-corrected chi connectivity index (χ3v) is 4.99. The molecule has 6 heteroatoms. The third kappa shape index (κ3) is 5.10. The monoisotopic (exact) mass is 335 g/mol. The second-order valence-electron chi connectivity index (χ2n) is 5.70. The Hall–Kier alpha value is -1.82.